The number of hydrogen-bond donors (Lipinski definition) is 3. The van der Waals surface area contributed by atoms with Crippen LogP contribution in [0.25, 0.3) is 0 Å². The molecule has 34 heavy (non-hydrogen) atoms. The van der Waals surface area contributed by atoms with Crippen molar-refractivity contribution in [3.05, 3.63) is 0 Å². The standard InChI is InChI=1S/C24H48NO8P/c1-3-5-7-9-11-13-15-17-24(28)31-20-22(26)21-33-34(29,30)32-19-18-25-23(27)16-14-12-10-8-6-4-2/h22,26H,3-21H2,1-2H3,(H,25,27)(H,29,30). The molecule has 0 aliphatic heterocycles. The van der Waals surface area contributed by atoms with Crippen LogP contribution < -0.4 is 5.32 Å². The number of hydrogen-bond acceptors (Lipinski definition) is 7. The van der Waals surface area contributed by atoms with E-state index in [1.165, 1.54) is 44.9 Å². The van der Waals surface area contributed by atoms with Crippen LogP contribution in [0.4, 0.5) is 0 Å². The lowest BCUT2D eigenvalue weighted by Crippen LogP contribution is -2.27. The van der Waals surface area contributed by atoms with E-state index in [1.807, 2.05) is 0 Å². The summed E-state index contributed by atoms with van der Waals surface area (Å²) in [4.78, 5) is 33.1. The van der Waals surface area contributed by atoms with E-state index in [0.717, 1.165) is 38.5 Å². The second kappa shape index (κ2) is 22.5. The van der Waals surface area contributed by atoms with E-state index < -0.39 is 26.5 Å². The monoisotopic (exact) mass is 509 g/mol. The van der Waals surface area contributed by atoms with Gasteiger partial charge in [-0.05, 0) is 12.8 Å². The van der Waals surface area contributed by atoms with Crippen LogP contribution >= 0.6 is 7.82 Å². The Bertz CT molecular complexity index is 561. The zero-order valence-electron chi connectivity index (χ0n) is 21.3. The first kappa shape index (κ1) is 33.0. The summed E-state index contributed by atoms with van der Waals surface area (Å²) >= 11 is 0. The number of aliphatic hydroxyl groups is 1. The molecule has 0 rings (SSSR count). The van der Waals surface area contributed by atoms with Crippen molar-refractivity contribution in [3.8, 4) is 0 Å². The highest BCUT2D eigenvalue weighted by Gasteiger charge is 2.23. The van der Waals surface area contributed by atoms with Gasteiger partial charge < -0.3 is 20.1 Å². The van der Waals surface area contributed by atoms with E-state index in [1.54, 1.807) is 0 Å². The van der Waals surface area contributed by atoms with Crippen LogP contribution in [0.2, 0.25) is 0 Å². The number of esters is 1. The largest absolute Gasteiger partial charge is 0.472 e. The van der Waals surface area contributed by atoms with Gasteiger partial charge in [-0.25, -0.2) is 4.57 Å². The highest BCUT2D eigenvalue weighted by atomic mass is 31.2. The molecular weight excluding hydrogens is 461 g/mol. The number of phosphoric ester groups is 1. The van der Waals surface area contributed by atoms with Crippen LogP contribution in [-0.4, -0.2) is 54.3 Å². The van der Waals surface area contributed by atoms with Crippen LogP contribution in [-0.2, 0) is 27.9 Å². The molecule has 0 saturated heterocycles. The quantitative estimate of drug-likeness (QED) is 0.0938. The number of rotatable bonds is 24. The fourth-order valence-electron chi connectivity index (χ4n) is 3.26. The molecule has 1 amide bonds. The Kier molecular flexibility index (Phi) is 21.8. The zero-order chi connectivity index (χ0) is 25.5. The van der Waals surface area contributed by atoms with Gasteiger partial charge in [0.25, 0.3) is 0 Å². The molecular formula is C24H48NO8P. The first-order chi connectivity index (χ1) is 16.3. The minimum atomic E-state index is -4.38. The molecule has 0 bridgehead atoms. The Balaban J connectivity index is 3.72. The number of carbonyl (C=O) groups is 2. The number of ether oxygens (including phenoxy) is 1. The summed E-state index contributed by atoms with van der Waals surface area (Å²) in [5.74, 6) is -0.533. The van der Waals surface area contributed by atoms with Crippen molar-refractivity contribution < 1.29 is 37.9 Å². The van der Waals surface area contributed by atoms with Crippen LogP contribution in [0.5, 0.6) is 0 Å². The van der Waals surface area contributed by atoms with E-state index >= 15 is 0 Å². The average Bonchev–Trinajstić information content (AvgIpc) is 2.81. The van der Waals surface area contributed by atoms with Crippen molar-refractivity contribution in [2.45, 2.75) is 116 Å². The Labute approximate surface area is 205 Å². The molecule has 0 fully saturated rings. The number of phosphoric acid groups is 1. The van der Waals surface area contributed by atoms with Crippen LogP contribution in [0.3, 0.4) is 0 Å². The van der Waals surface area contributed by atoms with Crippen molar-refractivity contribution >= 4 is 19.7 Å². The molecule has 2 unspecified atom stereocenters. The molecule has 0 aliphatic rings. The van der Waals surface area contributed by atoms with E-state index in [-0.39, 0.29) is 32.1 Å². The third-order valence-corrected chi connectivity index (χ3v) is 6.27. The Morgan fingerprint density at radius 2 is 1.32 bits per heavy atom. The van der Waals surface area contributed by atoms with Crippen LogP contribution in [0, 0.1) is 0 Å². The lowest BCUT2D eigenvalue weighted by atomic mass is 10.1. The second-order valence-corrected chi connectivity index (χ2v) is 10.1. The summed E-state index contributed by atoms with van der Waals surface area (Å²) in [6.07, 6.45) is 13.7. The molecule has 0 aromatic rings. The fourth-order valence-corrected chi connectivity index (χ4v) is 4.02. The smallest absolute Gasteiger partial charge is 0.463 e. The van der Waals surface area contributed by atoms with Gasteiger partial charge in [0.1, 0.15) is 12.7 Å². The maximum Gasteiger partial charge on any atom is 0.472 e. The molecule has 0 aliphatic carbocycles. The van der Waals surface area contributed by atoms with Gasteiger partial charge in [0.15, 0.2) is 0 Å². The highest BCUT2D eigenvalue weighted by Crippen LogP contribution is 2.42. The molecule has 9 nitrogen and oxygen atoms in total. The first-order valence-corrected chi connectivity index (χ1v) is 14.5. The molecule has 0 spiro atoms. The Morgan fingerprint density at radius 3 is 1.91 bits per heavy atom. The Morgan fingerprint density at radius 1 is 0.794 bits per heavy atom. The molecule has 0 heterocycles. The van der Waals surface area contributed by atoms with Crippen molar-refractivity contribution in [2.24, 2.45) is 0 Å². The lowest BCUT2D eigenvalue weighted by molar-refractivity contribution is -0.147. The average molecular weight is 510 g/mol. The van der Waals surface area contributed by atoms with Crippen molar-refractivity contribution in [1.29, 1.82) is 0 Å². The highest BCUT2D eigenvalue weighted by molar-refractivity contribution is 7.47. The summed E-state index contributed by atoms with van der Waals surface area (Å²) in [5, 5.41) is 12.4. The third kappa shape index (κ3) is 22.8. The van der Waals surface area contributed by atoms with Gasteiger partial charge in [-0.1, -0.05) is 84.5 Å². The molecule has 2 atom stereocenters. The lowest BCUT2D eigenvalue weighted by Gasteiger charge is -2.15. The van der Waals surface area contributed by atoms with Crippen LogP contribution in [0.1, 0.15) is 110 Å². The van der Waals surface area contributed by atoms with Gasteiger partial charge in [0.05, 0.1) is 13.2 Å². The normalized spacial score (nSPS) is 13.9. The zero-order valence-corrected chi connectivity index (χ0v) is 22.2. The summed E-state index contributed by atoms with van der Waals surface area (Å²) in [6, 6.07) is 0. The van der Waals surface area contributed by atoms with Crippen molar-refractivity contribution in [3.63, 3.8) is 0 Å². The summed E-state index contributed by atoms with van der Waals surface area (Å²) in [5.41, 5.74) is 0. The van der Waals surface area contributed by atoms with Gasteiger partial charge >= 0.3 is 13.8 Å². The van der Waals surface area contributed by atoms with Gasteiger partial charge in [0, 0.05) is 19.4 Å². The van der Waals surface area contributed by atoms with Gasteiger partial charge in [-0.15, -0.1) is 0 Å². The van der Waals surface area contributed by atoms with E-state index in [0.29, 0.717) is 6.42 Å². The predicted octanol–water partition coefficient (Wildman–Crippen LogP) is 5.03. The number of amides is 1. The van der Waals surface area contributed by atoms with E-state index in [2.05, 4.69) is 19.2 Å². The summed E-state index contributed by atoms with van der Waals surface area (Å²) in [6.45, 7) is 3.39. The first-order valence-electron chi connectivity index (χ1n) is 13.0. The number of carbonyl (C=O) groups excluding carboxylic acids is 2. The number of aliphatic hydroxyl groups excluding tert-OH is 1. The number of unbranched alkanes of at least 4 members (excludes halogenated alkanes) is 11. The maximum absolute atomic E-state index is 11.8. The molecule has 202 valence electrons. The SMILES string of the molecule is CCCCCCCCCC(=O)OCC(O)COP(=O)(O)OCCNC(=O)CCCCCCCC. The molecule has 0 saturated carbocycles. The van der Waals surface area contributed by atoms with Crippen LogP contribution in [0.15, 0.2) is 0 Å². The van der Waals surface area contributed by atoms with Gasteiger partial charge in [-0.2, -0.15) is 0 Å². The summed E-state index contributed by atoms with van der Waals surface area (Å²) < 4.78 is 26.3. The van der Waals surface area contributed by atoms with E-state index in [4.69, 9.17) is 13.8 Å². The molecule has 0 radical (unpaired) electrons. The Hall–Kier alpha value is -0.990. The summed E-state index contributed by atoms with van der Waals surface area (Å²) in [7, 11) is -4.38. The topological polar surface area (TPSA) is 131 Å². The minimum Gasteiger partial charge on any atom is -0.463 e. The predicted molar refractivity (Wildman–Crippen MR) is 132 cm³/mol. The van der Waals surface area contributed by atoms with Crippen molar-refractivity contribution in [1.82, 2.24) is 5.32 Å². The van der Waals surface area contributed by atoms with Gasteiger partial charge in [0.2, 0.25) is 5.91 Å². The van der Waals surface area contributed by atoms with E-state index in [9.17, 15) is 24.2 Å². The molecule has 3 N–H and O–H groups in total. The molecule has 0 aromatic carbocycles. The third-order valence-electron chi connectivity index (χ3n) is 5.29. The molecule has 0 aromatic heterocycles. The minimum absolute atomic E-state index is 0.0847. The molecule has 10 heteroatoms. The maximum atomic E-state index is 11.8. The number of nitrogens with one attached hydrogen (secondary N) is 1. The van der Waals surface area contributed by atoms with Gasteiger partial charge in [-0.3, -0.25) is 18.6 Å². The second-order valence-electron chi connectivity index (χ2n) is 8.67. The fraction of sp³-hybridized carbons (Fsp3) is 0.917. The van der Waals surface area contributed by atoms with Crippen molar-refractivity contribution in [2.75, 3.05) is 26.4 Å².